The molecule has 2 heteroatoms. The molecule has 0 aromatic heterocycles. The highest BCUT2D eigenvalue weighted by atomic mass is 32.2. The first kappa shape index (κ1) is 10.9. The largest absolute Gasteiger partial charge is 0.497 e. The third-order valence-electron chi connectivity index (χ3n) is 2.95. The van der Waals surface area contributed by atoms with Gasteiger partial charge in [-0.3, -0.25) is 0 Å². The summed E-state index contributed by atoms with van der Waals surface area (Å²) in [5, 5.41) is 0.909. The summed E-state index contributed by atoms with van der Waals surface area (Å²) in [6.07, 6.45) is 5.70. The summed E-state index contributed by atoms with van der Waals surface area (Å²) in [6.45, 7) is 0. The minimum atomic E-state index is 0.909. The van der Waals surface area contributed by atoms with Gasteiger partial charge in [-0.2, -0.15) is 11.8 Å². The third-order valence-corrected chi connectivity index (χ3v) is 4.39. The van der Waals surface area contributed by atoms with Gasteiger partial charge in [-0.1, -0.05) is 25.0 Å². The van der Waals surface area contributed by atoms with E-state index in [4.69, 9.17) is 4.74 Å². The summed E-state index contributed by atoms with van der Waals surface area (Å²) in [5.41, 5.74) is 1.41. The van der Waals surface area contributed by atoms with Crippen molar-refractivity contribution >= 4 is 11.8 Å². The second kappa shape index (κ2) is 5.45. The fraction of sp³-hybridized carbons (Fsp3) is 0.538. The van der Waals surface area contributed by atoms with Crippen LogP contribution in [0.3, 0.4) is 0 Å². The van der Waals surface area contributed by atoms with E-state index in [1.807, 2.05) is 12.1 Å². The molecule has 1 aliphatic rings. The average molecular weight is 222 g/mol. The van der Waals surface area contributed by atoms with Gasteiger partial charge >= 0.3 is 0 Å². The van der Waals surface area contributed by atoms with Gasteiger partial charge in [0.25, 0.3) is 0 Å². The smallest absolute Gasteiger partial charge is 0.118 e. The summed E-state index contributed by atoms with van der Waals surface area (Å²) in [6, 6.07) is 8.43. The molecule has 1 aromatic carbocycles. The lowest BCUT2D eigenvalue weighted by Crippen LogP contribution is -1.94. The molecule has 0 amide bonds. The van der Waals surface area contributed by atoms with Crippen molar-refractivity contribution in [3.8, 4) is 5.75 Å². The van der Waals surface area contributed by atoms with Gasteiger partial charge in [-0.25, -0.2) is 0 Å². The van der Waals surface area contributed by atoms with Crippen molar-refractivity contribution in [2.75, 3.05) is 7.11 Å². The molecule has 0 N–H and O–H groups in total. The van der Waals surface area contributed by atoms with Crippen LogP contribution in [0, 0.1) is 0 Å². The summed E-state index contributed by atoms with van der Waals surface area (Å²) in [4.78, 5) is 0. The standard InChI is InChI=1S/C13H18OS/c1-14-12-8-6-11(7-9-12)10-15-13-4-2-3-5-13/h6-9,13H,2-5,10H2,1H3. The topological polar surface area (TPSA) is 9.23 Å². The minimum Gasteiger partial charge on any atom is -0.497 e. The fourth-order valence-electron chi connectivity index (χ4n) is 1.99. The summed E-state index contributed by atoms with van der Waals surface area (Å²) in [7, 11) is 1.71. The van der Waals surface area contributed by atoms with Crippen molar-refractivity contribution in [1.82, 2.24) is 0 Å². The van der Waals surface area contributed by atoms with Crippen LogP contribution in [0.1, 0.15) is 31.2 Å². The Morgan fingerprint density at radius 1 is 1.20 bits per heavy atom. The minimum absolute atomic E-state index is 0.909. The van der Waals surface area contributed by atoms with E-state index in [0.717, 1.165) is 16.8 Å². The van der Waals surface area contributed by atoms with Crippen LogP contribution in [-0.2, 0) is 5.75 Å². The predicted molar refractivity (Wildman–Crippen MR) is 66.5 cm³/mol. The van der Waals surface area contributed by atoms with Crippen LogP contribution in [-0.4, -0.2) is 12.4 Å². The maximum atomic E-state index is 5.14. The molecule has 0 aliphatic heterocycles. The summed E-state index contributed by atoms with van der Waals surface area (Å²) >= 11 is 2.11. The molecule has 0 heterocycles. The van der Waals surface area contributed by atoms with Crippen molar-refractivity contribution in [2.24, 2.45) is 0 Å². The first-order valence-electron chi connectivity index (χ1n) is 5.63. The average Bonchev–Trinajstić information content (AvgIpc) is 2.80. The molecule has 15 heavy (non-hydrogen) atoms. The number of hydrogen-bond acceptors (Lipinski definition) is 2. The van der Waals surface area contributed by atoms with Gasteiger partial charge in [0.05, 0.1) is 7.11 Å². The van der Waals surface area contributed by atoms with Crippen LogP contribution in [0.4, 0.5) is 0 Å². The fourth-order valence-corrected chi connectivity index (χ4v) is 3.28. The van der Waals surface area contributed by atoms with Crippen LogP contribution in [0.25, 0.3) is 0 Å². The highest BCUT2D eigenvalue weighted by molar-refractivity contribution is 7.99. The Morgan fingerprint density at radius 2 is 1.87 bits per heavy atom. The van der Waals surface area contributed by atoms with Crippen molar-refractivity contribution in [3.63, 3.8) is 0 Å². The Bertz CT molecular complexity index is 288. The lowest BCUT2D eigenvalue weighted by atomic mass is 10.2. The quantitative estimate of drug-likeness (QED) is 0.764. The lowest BCUT2D eigenvalue weighted by molar-refractivity contribution is 0.414. The number of benzene rings is 1. The second-order valence-electron chi connectivity index (χ2n) is 4.07. The molecule has 0 atom stereocenters. The van der Waals surface area contributed by atoms with E-state index in [2.05, 4.69) is 23.9 Å². The molecule has 0 unspecified atom stereocenters. The van der Waals surface area contributed by atoms with Gasteiger partial charge in [0, 0.05) is 11.0 Å². The normalized spacial score (nSPS) is 16.9. The number of hydrogen-bond donors (Lipinski definition) is 0. The van der Waals surface area contributed by atoms with Gasteiger partial charge < -0.3 is 4.74 Å². The third kappa shape index (κ3) is 3.16. The van der Waals surface area contributed by atoms with Gasteiger partial charge in [0.15, 0.2) is 0 Å². The zero-order chi connectivity index (χ0) is 10.5. The van der Waals surface area contributed by atoms with Crippen LogP contribution in [0.2, 0.25) is 0 Å². The van der Waals surface area contributed by atoms with Crippen LogP contribution in [0.5, 0.6) is 5.75 Å². The maximum Gasteiger partial charge on any atom is 0.118 e. The number of methoxy groups -OCH3 is 1. The number of thioether (sulfide) groups is 1. The Labute approximate surface area is 96.2 Å². The molecule has 0 bridgehead atoms. The second-order valence-corrected chi connectivity index (χ2v) is 5.35. The van der Waals surface area contributed by atoms with E-state index in [1.165, 1.54) is 31.2 Å². The molecule has 1 aromatic rings. The van der Waals surface area contributed by atoms with Crippen LogP contribution >= 0.6 is 11.8 Å². The number of rotatable bonds is 4. The van der Waals surface area contributed by atoms with Gasteiger partial charge in [0.2, 0.25) is 0 Å². The van der Waals surface area contributed by atoms with E-state index in [0.29, 0.717) is 0 Å². The molecular formula is C13H18OS. The highest BCUT2D eigenvalue weighted by Crippen LogP contribution is 2.31. The first-order chi connectivity index (χ1) is 7.38. The van der Waals surface area contributed by atoms with Crippen LogP contribution < -0.4 is 4.74 Å². The first-order valence-corrected chi connectivity index (χ1v) is 6.68. The molecule has 2 rings (SSSR count). The number of ether oxygens (including phenoxy) is 1. The SMILES string of the molecule is COc1ccc(CSC2CCCC2)cc1. The van der Waals surface area contributed by atoms with Crippen molar-refractivity contribution in [1.29, 1.82) is 0 Å². The summed E-state index contributed by atoms with van der Waals surface area (Å²) in [5.74, 6) is 2.10. The van der Waals surface area contributed by atoms with E-state index in [1.54, 1.807) is 7.11 Å². The summed E-state index contributed by atoms with van der Waals surface area (Å²) < 4.78 is 5.14. The predicted octanol–water partition coefficient (Wildman–Crippen LogP) is 3.87. The molecule has 0 saturated heterocycles. The monoisotopic (exact) mass is 222 g/mol. The zero-order valence-corrected chi connectivity index (χ0v) is 10.1. The Balaban J connectivity index is 1.82. The van der Waals surface area contributed by atoms with E-state index in [9.17, 15) is 0 Å². The Morgan fingerprint density at radius 3 is 2.47 bits per heavy atom. The molecular weight excluding hydrogens is 204 g/mol. The van der Waals surface area contributed by atoms with Crippen molar-refractivity contribution < 1.29 is 4.74 Å². The lowest BCUT2D eigenvalue weighted by Gasteiger charge is -2.08. The van der Waals surface area contributed by atoms with Gasteiger partial charge in [-0.15, -0.1) is 0 Å². The van der Waals surface area contributed by atoms with E-state index < -0.39 is 0 Å². The molecule has 1 aliphatic carbocycles. The molecule has 0 radical (unpaired) electrons. The Kier molecular flexibility index (Phi) is 3.95. The Hall–Kier alpha value is -0.630. The highest BCUT2D eigenvalue weighted by Gasteiger charge is 2.14. The molecule has 1 nitrogen and oxygen atoms in total. The van der Waals surface area contributed by atoms with E-state index >= 15 is 0 Å². The van der Waals surface area contributed by atoms with E-state index in [-0.39, 0.29) is 0 Å². The molecule has 82 valence electrons. The van der Waals surface area contributed by atoms with Gasteiger partial charge in [0.1, 0.15) is 5.75 Å². The van der Waals surface area contributed by atoms with Gasteiger partial charge in [-0.05, 0) is 30.5 Å². The molecule has 1 saturated carbocycles. The zero-order valence-electron chi connectivity index (χ0n) is 9.24. The van der Waals surface area contributed by atoms with Crippen molar-refractivity contribution in [3.05, 3.63) is 29.8 Å². The maximum absolute atomic E-state index is 5.14. The van der Waals surface area contributed by atoms with Crippen LogP contribution in [0.15, 0.2) is 24.3 Å². The van der Waals surface area contributed by atoms with Crippen molar-refractivity contribution in [2.45, 2.75) is 36.7 Å². The molecule has 0 spiro atoms. The molecule has 1 fully saturated rings.